The van der Waals surface area contributed by atoms with Crippen LogP contribution >= 0.6 is 11.8 Å². The number of nitrogens with two attached hydrogens (primary N) is 1. The summed E-state index contributed by atoms with van der Waals surface area (Å²) >= 11 is 1.44. The van der Waals surface area contributed by atoms with Gasteiger partial charge in [-0.25, -0.2) is 14.4 Å². The van der Waals surface area contributed by atoms with Crippen molar-refractivity contribution in [3.8, 4) is 0 Å². The number of rotatable bonds is 4. The lowest BCUT2D eigenvalue weighted by atomic mass is 10.1. The number of benzene rings is 1. The molecule has 4 nitrogen and oxygen atoms in total. The number of anilines is 1. The lowest BCUT2D eigenvalue weighted by Gasteiger charge is -2.05. The third-order valence-corrected chi connectivity index (χ3v) is 3.16. The summed E-state index contributed by atoms with van der Waals surface area (Å²) in [6, 6.07) is 5.27. The monoisotopic (exact) mass is 277 g/mol. The minimum atomic E-state index is -0.393. The smallest absolute Gasteiger partial charge is 0.198 e. The van der Waals surface area contributed by atoms with Crippen LogP contribution in [0.15, 0.2) is 35.6 Å². The predicted octanol–water partition coefficient (Wildman–Crippen LogP) is 2.54. The predicted molar refractivity (Wildman–Crippen MR) is 72.7 cm³/mol. The van der Waals surface area contributed by atoms with E-state index in [4.69, 9.17) is 5.73 Å². The number of nitrogens with zero attached hydrogens (tertiary/aromatic N) is 2. The molecule has 0 spiro atoms. The van der Waals surface area contributed by atoms with Gasteiger partial charge in [0.15, 0.2) is 10.9 Å². The third kappa shape index (κ3) is 3.08. The van der Waals surface area contributed by atoms with Crippen LogP contribution in [0.25, 0.3) is 0 Å². The first kappa shape index (κ1) is 13.5. The Bertz CT molecular complexity index is 601. The zero-order valence-electron chi connectivity index (χ0n) is 10.3. The van der Waals surface area contributed by atoms with Crippen LogP contribution in [0.2, 0.25) is 0 Å². The van der Waals surface area contributed by atoms with Gasteiger partial charge in [0.1, 0.15) is 11.6 Å². The van der Waals surface area contributed by atoms with Crippen molar-refractivity contribution >= 4 is 23.4 Å². The van der Waals surface area contributed by atoms with Crippen molar-refractivity contribution in [3.63, 3.8) is 0 Å². The molecule has 0 radical (unpaired) electrons. The number of halogens is 1. The molecule has 2 aromatic rings. The summed E-state index contributed by atoms with van der Waals surface area (Å²) in [6.07, 6.45) is 1.41. The van der Waals surface area contributed by atoms with Crippen LogP contribution in [-0.4, -0.2) is 21.5 Å². The number of thioether (sulfide) groups is 1. The molecule has 1 heterocycles. The largest absolute Gasteiger partial charge is 0.383 e. The first-order valence-corrected chi connectivity index (χ1v) is 6.66. The molecule has 1 aromatic heterocycles. The van der Waals surface area contributed by atoms with Crippen molar-refractivity contribution in [3.05, 3.63) is 47.4 Å². The molecule has 0 fully saturated rings. The zero-order chi connectivity index (χ0) is 13.8. The summed E-state index contributed by atoms with van der Waals surface area (Å²) in [5.41, 5.74) is 6.34. The molecule has 6 heteroatoms. The van der Waals surface area contributed by atoms with Crippen LogP contribution in [0.1, 0.15) is 22.8 Å². The van der Waals surface area contributed by atoms with E-state index in [0.29, 0.717) is 10.7 Å². The number of carbonyl (C=O) groups is 1. The highest BCUT2D eigenvalue weighted by Crippen LogP contribution is 2.18. The Labute approximate surface area is 114 Å². The first-order chi connectivity index (χ1) is 9.11. The Kier molecular flexibility index (Phi) is 4.11. The number of aromatic nitrogens is 2. The maximum atomic E-state index is 12.8. The molecule has 0 saturated heterocycles. The van der Waals surface area contributed by atoms with Gasteiger partial charge in [-0.3, -0.25) is 4.79 Å². The summed E-state index contributed by atoms with van der Waals surface area (Å²) in [4.78, 5) is 20.3. The van der Waals surface area contributed by atoms with Gasteiger partial charge in [0.05, 0.1) is 5.56 Å². The third-order valence-electron chi connectivity index (χ3n) is 2.42. The van der Waals surface area contributed by atoms with Gasteiger partial charge in [-0.05, 0) is 30.0 Å². The molecule has 0 aliphatic carbocycles. The molecule has 0 unspecified atom stereocenters. The van der Waals surface area contributed by atoms with E-state index in [0.717, 1.165) is 5.75 Å². The van der Waals surface area contributed by atoms with Crippen LogP contribution in [0.5, 0.6) is 0 Å². The van der Waals surface area contributed by atoms with Gasteiger partial charge in [-0.15, -0.1) is 0 Å². The SMILES string of the molecule is CCSc1ncc(C(=O)c2ccc(F)cc2)c(N)n1. The maximum absolute atomic E-state index is 12.8. The topological polar surface area (TPSA) is 68.9 Å². The molecular weight excluding hydrogens is 265 g/mol. The standard InChI is InChI=1S/C13H12FN3OS/c1-2-19-13-16-7-10(12(15)17-13)11(18)8-3-5-9(14)6-4-8/h3-7H,2H2,1H3,(H2,15,16,17). The number of hydrogen-bond acceptors (Lipinski definition) is 5. The van der Waals surface area contributed by atoms with Crippen molar-refractivity contribution in [1.29, 1.82) is 0 Å². The highest BCUT2D eigenvalue weighted by Gasteiger charge is 2.14. The molecule has 2 N–H and O–H groups in total. The zero-order valence-corrected chi connectivity index (χ0v) is 11.1. The summed E-state index contributed by atoms with van der Waals surface area (Å²) in [6.45, 7) is 1.97. The molecule has 1 aromatic carbocycles. The van der Waals surface area contributed by atoms with Crippen molar-refractivity contribution in [2.75, 3.05) is 11.5 Å². The minimum Gasteiger partial charge on any atom is -0.383 e. The second-order valence-electron chi connectivity index (χ2n) is 3.72. The van der Waals surface area contributed by atoms with E-state index in [2.05, 4.69) is 9.97 Å². The number of hydrogen-bond donors (Lipinski definition) is 1. The van der Waals surface area contributed by atoms with Gasteiger partial charge in [-0.2, -0.15) is 0 Å². The molecule has 0 aliphatic heterocycles. The maximum Gasteiger partial charge on any atom is 0.198 e. The Morgan fingerprint density at radius 3 is 2.63 bits per heavy atom. The lowest BCUT2D eigenvalue weighted by molar-refractivity contribution is 0.103. The van der Waals surface area contributed by atoms with E-state index in [1.54, 1.807) is 0 Å². The van der Waals surface area contributed by atoms with Crippen LogP contribution in [0.3, 0.4) is 0 Å². The fourth-order valence-electron chi connectivity index (χ4n) is 1.51. The van der Waals surface area contributed by atoms with Crippen molar-refractivity contribution in [2.45, 2.75) is 12.1 Å². The molecule has 98 valence electrons. The van der Waals surface area contributed by atoms with Gasteiger partial charge in [0.2, 0.25) is 0 Å². The second-order valence-corrected chi connectivity index (χ2v) is 4.95. The average molecular weight is 277 g/mol. The van der Waals surface area contributed by atoms with E-state index in [-0.39, 0.29) is 17.2 Å². The van der Waals surface area contributed by atoms with Crippen molar-refractivity contribution in [2.24, 2.45) is 0 Å². The Morgan fingerprint density at radius 2 is 2.05 bits per heavy atom. The van der Waals surface area contributed by atoms with Gasteiger partial charge >= 0.3 is 0 Å². The van der Waals surface area contributed by atoms with Crippen molar-refractivity contribution < 1.29 is 9.18 Å². The van der Waals surface area contributed by atoms with Gasteiger partial charge in [0, 0.05) is 11.8 Å². The average Bonchev–Trinajstić information content (AvgIpc) is 2.39. The molecule has 0 saturated carbocycles. The van der Waals surface area contributed by atoms with Gasteiger partial charge in [0.25, 0.3) is 0 Å². The van der Waals surface area contributed by atoms with Crippen LogP contribution < -0.4 is 5.73 Å². The molecule has 0 aliphatic rings. The number of carbonyl (C=O) groups excluding carboxylic acids is 1. The summed E-state index contributed by atoms with van der Waals surface area (Å²) < 4.78 is 12.8. The van der Waals surface area contributed by atoms with Crippen LogP contribution in [0, 0.1) is 5.82 Å². The normalized spacial score (nSPS) is 10.4. The fraction of sp³-hybridized carbons (Fsp3) is 0.154. The molecule has 0 atom stereocenters. The molecular formula is C13H12FN3OS. The Balaban J connectivity index is 2.31. The quantitative estimate of drug-likeness (QED) is 0.528. The second kappa shape index (κ2) is 5.79. The molecule has 0 amide bonds. The number of nitrogen functional groups attached to an aromatic ring is 1. The van der Waals surface area contributed by atoms with Crippen molar-refractivity contribution in [1.82, 2.24) is 9.97 Å². The Morgan fingerprint density at radius 1 is 1.37 bits per heavy atom. The fourth-order valence-corrected chi connectivity index (χ4v) is 2.06. The van der Waals surface area contributed by atoms with E-state index in [1.807, 2.05) is 6.92 Å². The highest BCUT2D eigenvalue weighted by molar-refractivity contribution is 7.99. The minimum absolute atomic E-state index is 0.139. The van der Waals surface area contributed by atoms with E-state index < -0.39 is 5.82 Å². The van der Waals surface area contributed by atoms with E-state index in [1.165, 1.54) is 42.2 Å². The van der Waals surface area contributed by atoms with Gasteiger partial charge < -0.3 is 5.73 Å². The summed E-state index contributed by atoms with van der Waals surface area (Å²) in [5, 5.41) is 0.538. The summed E-state index contributed by atoms with van der Waals surface area (Å²) in [5.74, 6) is 0.256. The number of ketones is 1. The van der Waals surface area contributed by atoms with E-state index in [9.17, 15) is 9.18 Å². The first-order valence-electron chi connectivity index (χ1n) is 5.67. The molecule has 2 rings (SSSR count). The summed E-state index contributed by atoms with van der Waals surface area (Å²) in [7, 11) is 0. The van der Waals surface area contributed by atoms with Crippen LogP contribution in [0.4, 0.5) is 10.2 Å². The molecule has 0 bridgehead atoms. The molecule has 19 heavy (non-hydrogen) atoms. The van der Waals surface area contributed by atoms with Gasteiger partial charge in [-0.1, -0.05) is 18.7 Å². The Hall–Kier alpha value is -1.95. The van der Waals surface area contributed by atoms with E-state index >= 15 is 0 Å². The van der Waals surface area contributed by atoms with Crippen LogP contribution in [-0.2, 0) is 0 Å². The lowest BCUT2D eigenvalue weighted by Crippen LogP contribution is -2.08. The highest BCUT2D eigenvalue weighted by atomic mass is 32.2.